The van der Waals surface area contributed by atoms with Crippen LogP contribution in [0.25, 0.3) is 0 Å². The largest absolute Gasteiger partial charge is 0.465 e. The molecular formula is C15H22O10. The Bertz CT molecular complexity index is 530. The van der Waals surface area contributed by atoms with Crippen LogP contribution in [0.5, 0.6) is 0 Å². The first-order valence-corrected chi connectivity index (χ1v) is 7.44. The number of hydrogen-bond donors (Lipinski definition) is 0. The Morgan fingerprint density at radius 3 is 2.04 bits per heavy atom. The number of carbonyl (C=O) groups excluding carboxylic acids is 4. The van der Waals surface area contributed by atoms with Crippen LogP contribution in [-0.2, 0) is 47.6 Å². The summed E-state index contributed by atoms with van der Waals surface area (Å²) in [6.07, 6.45) is -3.57. The van der Waals surface area contributed by atoms with E-state index in [-0.39, 0.29) is 13.0 Å². The maximum absolute atomic E-state index is 12.1. The highest BCUT2D eigenvalue weighted by molar-refractivity contribution is 5.78. The minimum absolute atomic E-state index is 0.274. The van der Waals surface area contributed by atoms with Crippen molar-refractivity contribution in [2.45, 2.75) is 51.3 Å². The number of esters is 4. The third kappa shape index (κ3) is 5.40. The van der Waals surface area contributed by atoms with E-state index < -0.39 is 48.0 Å². The van der Waals surface area contributed by atoms with Gasteiger partial charge < -0.3 is 28.4 Å². The molecule has 0 aliphatic carbocycles. The normalized spacial score (nSPS) is 28.6. The molecule has 0 unspecified atom stereocenters. The summed E-state index contributed by atoms with van der Waals surface area (Å²) >= 11 is 0. The molecule has 25 heavy (non-hydrogen) atoms. The Hall–Kier alpha value is -2.20. The van der Waals surface area contributed by atoms with Gasteiger partial charge in [-0.25, -0.2) is 4.79 Å². The van der Waals surface area contributed by atoms with Gasteiger partial charge in [0.2, 0.25) is 0 Å². The molecule has 10 heteroatoms. The molecule has 0 aromatic rings. The average molecular weight is 362 g/mol. The molecule has 1 aliphatic heterocycles. The van der Waals surface area contributed by atoms with E-state index in [2.05, 4.69) is 4.74 Å². The second-order valence-corrected chi connectivity index (χ2v) is 5.33. The maximum Gasteiger partial charge on any atom is 0.366 e. The Balaban J connectivity index is 3.22. The van der Waals surface area contributed by atoms with Gasteiger partial charge in [0.25, 0.3) is 5.79 Å². The van der Waals surface area contributed by atoms with Crippen LogP contribution in [0.15, 0.2) is 0 Å². The van der Waals surface area contributed by atoms with Gasteiger partial charge in [-0.3, -0.25) is 14.4 Å². The predicted octanol–water partition coefficient (Wildman–Crippen LogP) is -0.282. The molecule has 1 saturated heterocycles. The van der Waals surface area contributed by atoms with Gasteiger partial charge in [-0.1, -0.05) is 0 Å². The van der Waals surface area contributed by atoms with Crippen LogP contribution in [0.4, 0.5) is 0 Å². The van der Waals surface area contributed by atoms with Crippen molar-refractivity contribution in [1.29, 1.82) is 0 Å². The van der Waals surface area contributed by atoms with Gasteiger partial charge >= 0.3 is 23.9 Å². The van der Waals surface area contributed by atoms with Crippen LogP contribution in [0.1, 0.15) is 27.2 Å². The van der Waals surface area contributed by atoms with E-state index >= 15 is 0 Å². The molecular weight excluding hydrogens is 340 g/mol. The highest BCUT2D eigenvalue weighted by Crippen LogP contribution is 2.35. The fourth-order valence-electron chi connectivity index (χ4n) is 2.48. The van der Waals surface area contributed by atoms with Crippen molar-refractivity contribution >= 4 is 23.9 Å². The zero-order valence-electron chi connectivity index (χ0n) is 14.7. The summed E-state index contributed by atoms with van der Waals surface area (Å²) in [5.74, 6) is -4.72. The molecule has 0 aromatic carbocycles. The molecule has 0 N–H and O–H groups in total. The predicted molar refractivity (Wildman–Crippen MR) is 79.0 cm³/mol. The molecule has 0 aromatic heterocycles. The first kappa shape index (κ1) is 20.8. The topological polar surface area (TPSA) is 124 Å². The molecule has 0 bridgehead atoms. The SMILES string of the molecule is COC(=O)[C@@]1(OC)C[C@@H](OC(C)=O)[C@H](OC(C)=O)[C@@H](COC(C)=O)O1. The van der Waals surface area contributed by atoms with Crippen LogP contribution in [0, 0.1) is 0 Å². The summed E-state index contributed by atoms with van der Waals surface area (Å²) in [5, 5.41) is 0. The van der Waals surface area contributed by atoms with E-state index in [0.717, 1.165) is 21.0 Å². The van der Waals surface area contributed by atoms with Gasteiger partial charge in [0, 0.05) is 27.9 Å². The Labute approximate surface area is 144 Å². The van der Waals surface area contributed by atoms with Crippen molar-refractivity contribution in [2.24, 2.45) is 0 Å². The van der Waals surface area contributed by atoms with Gasteiger partial charge in [0.05, 0.1) is 13.5 Å². The van der Waals surface area contributed by atoms with Crippen molar-refractivity contribution in [3.63, 3.8) is 0 Å². The molecule has 0 saturated carbocycles. The van der Waals surface area contributed by atoms with E-state index in [4.69, 9.17) is 23.7 Å². The van der Waals surface area contributed by atoms with E-state index in [1.54, 1.807) is 0 Å². The molecule has 0 radical (unpaired) electrons. The van der Waals surface area contributed by atoms with E-state index in [0.29, 0.717) is 0 Å². The molecule has 1 fully saturated rings. The number of ether oxygens (including phenoxy) is 6. The third-order valence-corrected chi connectivity index (χ3v) is 3.44. The summed E-state index contributed by atoms with van der Waals surface area (Å²) < 4.78 is 30.7. The molecule has 0 spiro atoms. The van der Waals surface area contributed by atoms with Crippen LogP contribution in [-0.4, -0.2) is 68.8 Å². The molecule has 10 nitrogen and oxygen atoms in total. The molecule has 142 valence electrons. The standard InChI is InChI=1S/C15H22O10/c1-8(16)22-7-12-13(24-10(3)18)11(23-9(2)17)6-15(21-5,25-12)14(19)20-4/h11-13H,6-7H2,1-5H3/t11-,12-,13+,15-/m1/s1. The highest BCUT2D eigenvalue weighted by atomic mass is 16.7. The third-order valence-electron chi connectivity index (χ3n) is 3.44. The van der Waals surface area contributed by atoms with Crippen molar-refractivity contribution < 1.29 is 47.6 Å². The van der Waals surface area contributed by atoms with Crippen molar-refractivity contribution in [1.82, 2.24) is 0 Å². The van der Waals surface area contributed by atoms with Crippen molar-refractivity contribution in [3.05, 3.63) is 0 Å². The molecule has 0 amide bonds. The smallest absolute Gasteiger partial charge is 0.366 e. The average Bonchev–Trinajstić information content (AvgIpc) is 2.53. The van der Waals surface area contributed by atoms with Gasteiger partial charge in [-0.15, -0.1) is 0 Å². The highest BCUT2D eigenvalue weighted by Gasteiger charge is 2.56. The quantitative estimate of drug-likeness (QED) is 0.460. The Kier molecular flexibility index (Phi) is 7.31. The zero-order valence-corrected chi connectivity index (χ0v) is 14.7. The van der Waals surface area contributed by atoms with E-state index in [1.807, 2.05) is 0 Å². The first-order valence-electron chi connectivity index (χ1n) is 7.44. The van der Waals surface area contributed by atoms with Crippen LogP contribution in [0.2, 0.25) is 0 Å². The molecule has 1 heterocycles. The van der Waals surface area contributed by atoms with E-state index in [9.17, 15) is 19.2 Å². The van der Waals surface area contributed by atoms with Crippen LogP contribution < -0.4 is 0 Å². The number of rotatable bonds is 6. The van der Waals surface area contributed by atoms with Gasteiger partial charge in [-0.05, 0) is 0 Å². The second-order valence-electron chi connectivity index (χ2n) is 5.33. The summed E-state index contributed by atoms with van der Waals surface area (Å²) in [6, 6.07) is 0. The fraction of sp³-hybridized carbons (Fsp3) is 0.733. The van der Waals surface area contributed by atoms with Crippen LogP contribution in [0.3, 0.4) is 0 Å². The summed E-state index contributed by atoms with van der Waals surface area (Å²) in [6.45, 7) is 3.14. The monoisotopic (exact) mass is 362 g/mol. The minimum atomic E-state index is -1.91. The number of carbonyl (C=O) groups is 4. The first-order chi connectivity index (χ1) is 11.6. The fourth-order valence-corrected chi connectivity index (χ4v) is 2.48. The second kappa shape index (κ2) is 8.77. The zero-order chi connectivity index (χ0) is 19.2. The van der Waals surface area contributed by atoms with Crippen molar-refractivity contribution in [2.75, 3.05) is 20.8 Å². The summed E-state index contributed by atoms with van der Waals surface area (Å²) in [7, 11) is 2.34. The lowest BCUT2D eigenvalue weighted by Crippen LogP contribution is -2.62. The summed E-state index contributed by atoms with van der Waals surface area (Å²) in [5.41, 5.74) is 0. The molecule has 1 aliphatic rings. The van der Waals surface area contributed by atoms with Gasteiger partial charge in [0.15, 0.2) is 6.10 Å². The lowest BCUT2D eigenvalue weighted by Gasteiger charge is -2.44. The number of methoxy groups -OCH3 is 2. The maximum atomic E-state index is 12.1. The number of hydrogen-bond acceptors (Lipinski definition) is 10. The van der Waals surface area contributed by atoms with Gasteiger partial charge in [-0.2, -0.15) is 0 Å². The Morgan fingerprint density at radius 1 is 1.00 bits per heavy atom. The Morgan fingerprint density at radius 2 is 1.60 bits per heavy atom. The van der Waals surface area contributed by atoms with Crippen molar-refractivity contribution in [3.8, 4) is 0 Å². The van der Waals surface area contributed by atoms with Gasteiger partial charge in [0.1, 0.15) is 18.8 Å². The van der Waals surface area contributed by atoms with Crippen LogP contribution >= 0.6 is 0 Å². The van der Waals surface area contributed by atoms with E-state index in [1.165, 1.54) is 14.0 Å². The summed E-state index contributed by atoms with van der Waals surface area (Å²) in [4.78, 5) is 46.0. The lowest BCUT2D eigenvalue weighted by atomic mass is 9.94. The molecule has 1 rings (SSSR count). The minimum Gasteiger partial charge on any atom is -0.465 e. The lowest BCUT2D eigenvalue weighted by molar-refractivity contribution is -0.311. The molecule has 4 atom stereocenters.